The Morgan fingerprint density at radius 2 is 1.76 bits per heavy atom. The Labute approximate surface area is 168 Å². The minimum Gasteiger partial charge on any atom is -0.493 e. The molecule has 0 aliphatic carbocycles. The number of carbonyl (C=O) groups excluding carboxylic acids is 2. The quantitative estimate of drug-likeness (QED) is 0.851. The number of anilines is 1. The molecule has 2 aliphatic rings. The molecular formula is C21H22N4O4. The maximum absolute atomic E-state index is 13.1. The number of hydrogen-bond acceptors (Lipinski definition) is 6. The van der Waals surface area contributed by atoms with Crippen LogP contribution in [0.25, 0.3) is 0 Å². The predicted octanol–water partition coefficient (Wildman–Crippen LogP) is 1.54. The molecule has 0 aromatic heterocycles. The number of amides is 2. The fourth-order valence-electron chi connectivity index (χ4n) is 3.53. The zero-order chi connectivity index (χ0) is 20.4. The highest BCUT2D eigenvalue weighted by molar-refractivity contribution is 6.39. The number of nitrogens with one attached hydrogen (secondary N) is 1. The van der Waals surface area contributed by atoms with Crippen LogP contribution in [-0.4, -0.2) is 49.9 Å². The fraction of sp³-hybridized carbons (Fsp3) is 0.286. The maximum atomic E-state index is 13.1. The highest BCUT2D eigenvalue weighted by Crippen LogP contribution is 2.33. The van der Waals surface area contributed by atoms with Crippen molar-refractivity contribution in [2.45, 2.75) is 13.0 Å². The van der Waals surface area contributed by atoms with Crippen LogP contribution in [0.5, 0.6) is 11.5 Å². The Hall–Kier alpha value is -3.55. The van der Waals surface area contributed by atoms with Gasteiger partial charge in [0, 0.05) is 13.1 Å². The van der Waals surface area contributed by atoms with Crippen LogP contribution in [0, 0.1) is 0 Å². The van der Waals surface area contributed by atoms with Gasteiger partial charge in [0.15, 0.2) is 11.5 Å². The van der Waals surface area contributed by atoms with E-state index in [2.05, 4.69) is 10.4 Å². The molecule has 0 saturated heterocycles. The molecule has 4 rings (SSSR count). The molecule has 0 atom stereocenters. The Bertz CT molecular complexity index is 974. The van der Waals surface area contributed by atoms with Crippen molar-refractivity contribution >= 4 is 23.3 Å². The molecule has 0 radical (unpaired) electrons. The van der Waals surface area contributed by atoms with Gasteiger partial charge in [-0.2, -0.15) is 0 Å². The van der Waals surface area contributed by atoms with E-state index in [1.54, 1.807) is 31.3 Å². The zero-order valence-corrected chi connectivity index (χ0v) is 16.3. The summed E-state index contributed by atoms with van der Waals surface area (Å²) in [6, 6.07) is 13.0. The van der Waals surface area contributed by atoms with Gasteiger partial charge in [0.1, 0.15) is 6.54 Å². The molecule has 0 unspecified atom stereocenters. The van der Waals surface area contributed by atoms with E-state index < -0.39 is 0 Å². The summed E-state index contributed by atoms with van der Waals surface area (Å²) in [5, 5.41) is 1.37. The van der Waals surface area contributed by atoms with Crippen LogP contribution in [0.4, 0.5) is 5.69 Å². The highest BCUT2D eigenvalue weighted by Gasteiger charge is 2.30. The number of rotatable bonds is 4. The third-order valence-electron chi connectivity index (χ3n) is 5.06. The molecule has 0 fully saturated rings. The molecule has 8 heteroatoms. The molecule has 2 amide bonds. The van der Waals surface area contributed by atoms with Crippen molar-refractivity contribution in [1.29, 1.82) is 0 Å². The number of ether oxygens (including phenoxy) is 2. The average Bonchev–Trinajstić information content (AvgIpc) is 2.78. The summed E-state index contributed by atoms with van der Waals surface area (Å²) in [5.41, 5.74) is 5.68. The van der Waals surface area contributed by atoms with Gasteiger partial charge in [-0.3, -0.25) is 20.0 Å². The van der Waals surface area contributed by atoms with Crippen molar-refractivity contribution in [3.63, 3.8) is 0 Å². The summed E-state index contributed by atoms with van der Waals surface area (Å²) in [6.45, 7) is 0.925. The van der Waals surface area contributed by atoms with Gasteiger partial charge in [0.25, 0.3) is 11.8 Å². The monoisotopic (exact) mass is 394 g/mol. The lowest BCUT2D eigenvalue weighted by Crippen LogP contribution is -2.56. The van der Waals surface area contributed by atoms with E-state index in [9.17, 15) is 9.59 Å². The van der Waals surface area contributed by atoms with Gasteiger partial charge in [-0.25, -0.2) is 5.01 Å². The molecule has 2 aliphatic heterocycles. The highest BCUT2D eigenvalue weighted by atomic mass is 16.5. The summed E-state index contributed by atoms with van der Waals surface area (Å²) >= 11 is 0. The van der Waals surface area contributed by atoms with Gasteiger partial charge in [-0.1, -0.05) is 18.2 Å². The zero-order valence-electron chi connectivity index (χ0n) is 16.3. The minimum atomic E-state index is -0.237. The van der Waals surface area contributed by atoms with E-state index in [1.807, 2.05) is 30.3 Å². The SMILES string of the molecule is COc1cc2c(cc1OC)CN(C(=O)C1=NCC(=O)N(c3ccccc3)N1)CC2. The number of hydrazine groups is 1. The van der Waals surface area contributed by atoms with Gasteiger partial charge in [-0.15, -0.1) is 0 Å². The Kier molecular flexibility index (Phi) is 5.07. The van der Waals surface area contributed by atoms with Gasteiger partial charge < -0.3 is 14.4 Å². The number of hydrogen-bond donors (Lipinski definition) is 1. The molecule has 2 aromatic carbocycles. The minimum absolute atomic E-state index is 0.0710. The summed E-state index contributed by atoms with van der Waals surface area (Å²) in [4.78, 5) is 31.2. The van der Waals surface area contributed by atoms with Gasteiger partial charge >= 0.3 is 0 Å². The lowest BCUT2D eigenvalue weighted by molar-refractivity contribution is -0.125. The molecule has 1 N–H and O–H groups in total. The smallest absolute Gasteiger partial charge is 0.291 e. The van der Waals surface area contributed by atoms with Crippen LogP contribution in [0.15, 0.2) is 47.5 Å². The first-order chi connectivity index (χ1) is 14.1. The van der Waals surface area contributed by atoms with E-state index >= 15 is 0 Å². The molecule has 0 saturated carbocycles. The molecular weight excluding hydrogens is 372 g/mol. The van der Waals surface area contributed by atoms with Crippen molar-refractivity contribution in [3.8, 4) is 11.5 Å². The number of amidine groups is 1. The molecule has 150 valence electrons. The molecule has 2 heterocycles. The van der Waals surface area contributed by atoms with Crippen LogP contribution in [-0.2, 0) is 22.6 Å². The number of methoxy groups -OCH3 is 2. The number of benzene rings is 2. The Morgan fingerprint density at radius 3 is 2.45 bits per heavy atom. The molecule has 0 spiro atoms. The summed E-state index contributed by atoms with van der Waals surface area (Å²) in [6.07, 6.45) is 0.704. The van der Waals surface area contributed by atoms with Gasteiger partial charge in [0.05, 0.1) is 19.9 Å². The number of carbonyl (C=O) groups is 2. The lowest BCUT2D eigenvalue weighted by atomic mass is 9.98. The Morgan fingerprint density at radius 1 is 1.07 bits per heavy atom. The Balaban J connectivity index is 1.53. The second-order valence-electron chi connectivity index (χ2n) is 6.79. The van der Waals surface area contributed by atoms with Crippen LogP contribution in [0.2, 0.25) is 0 Å². The number of nitrogens with zero attached hydrogens (tertiary/aromatic N) is 3. The molecule has 29 heavy (non-hydrogen) atoms. The third-order valence-corrected chi connectivity index (χ3v) is 5.06. The van der Waals surface area contributed by atoms with Crippen molar-refractivity contribution in [2.75, 3.05) is 32.3 Å². The first-order valence-electron chi connectivity index (χ1n) is 9.33. The molecule has 2 aromatic rings. The van der Waals surface area contributed by atoms with Crippen LogP contribution in [0.3, 0.4) is 0 Å². The normalized spacial score (nSPS) is 15.9. The molecule has 8 nitrogen and oxygen atoms in total. The van der Waals surface area contributed by atoms with E-state index in [1.165, 1.54) is 5.01 Å². The fourth-order valence-corrected chi connectivity index (χ4v) is 3.53. The van der Waals surface area contributed by atoms with Crippen molar-refractivity contribution < 1.29 is 19.1 Å². The lowest BCUT2D eigenvalue weighted by Gasteiger charge is -2.33. The number of fused-ring (bicyclic) bond motifs is 1. The standard InChI is InChI=1S/C21H22N4O4/c1-28-17-10-14-8-9-24(13-15(14)11-18(17)29-2)21(27)20-22-12-19(26)25(23-20)16-6-4-3-5-7-16/h3-7,10-11H,8-9,12-13H2,1-2H3,(H,22,23). The van der Waals surface area contributed by atoms with Crippen LogP contribution >= 0.6 is 0 Å². The summed E-state index contributed by atoms with van der Waals surface area (Å²) in [5.74, 6) is 1.03. The third kappa shape index (κ3) is 3.61. The van der Waals surface area contributed by atoms with E-state index in [0.717, 1.165) is 11.1 Å². The first kappa shape index (κ1) is 18.8. The second kappa shape index (κ2) is 7.83. The topological polar surface area (TPSA) is 83.5 Å². The predicted molar refractivity (Wildman–Crippen MR) is 108 cm³/mol. The van der Waals surface area contributed by atoms with E-state index in [-0.39, 0.29) is 24.2 Å². The summed E-state index contributed by atoms with van der Waals surface area (Å²) < 4.78 is 10.7. The van der Waals surface area contributed by atoms with Gasteiger partial charge in [-0.05, 0) is 41.8 Å². The van der Waals surface area contributed by atoms with Crippen LogP contribution < -0.4 is 19.9 Å². The molecule has 0 bridgehead atoms. The van der Waals surface area contributed by atoms with Gasteiger partial charge in [0.2, 0.25) is 5.84 Å². The van der Waals surface area contributed by atoms with Crippen molar-refractivity contribution in [3.05, 3.63) is 53.6 Å². The number of para-hydroxylation sites is 1. The largest absolute Gasteiger partial charge is 0.493 e. The first-order valence-corrected chi connectivity index (χ1v) is 9.33. The number of aliphatic imine (C=N–C) groups is 1. The van der Waals surface area contributed by atoms with Crippen molar-refractivity contribution in [1.82, 2.24) is 10.3 Å². The maximum Gasteiger partial charge on any atom is 0.291 e. The second-order valence-corrected chi connectivity index (χ2v) is 6.79. The van der Waals surface area contributed by atoms with E-state index in [4.69, 9.17) is 9.47 Å². The van der Waals surface area contributed by atoms with E-state index in [0.29, 0.717) is 36.7 Å². The van der Waals surface area contributed by atoms with Crippen molar-refractivity contribution in [2.24, 2.45) is 4.99 Å². The van der Waals surface area contributed by atoms with Crippen LogP contribution in [0.1, 0.15) is 11.1 Å². The average molecular weight is 394 g/mol. The summed E-state index contributed by atoms with van der Waals surface area (Å²) in [7, 11) is 3.20.